The molecule has 1 saturated carbocycles. The van der Waals surface area contributed by atoms with E-state index in [1.807, 2.05) is 11.0 Å². The van der Waals surface area contributed by atoms with E-state index in [-0.39, 0.29) is 12.0 Å². The number of carboxylic acids is 1. The molecule has 174 valence electrons. The fourth-order valence-electron chi connectivity index (χ4n) is 4.02. The molecule has 0 aromatic carbocycles. The number of aliphatic carboxylic acids is 1. The van der Waals surface area contributed by atoms with E-state index in [0.29, 0.717) is 41.7 Å². The van der Waals surface area contributed by atoms with Crippen LogP contribution in [0.25, 0.3) is 0 Å². The number of carbonyl (C=O) groups excluding carboxylic acids is 1. The molecule has 1 N–H and O–H groups in total. The van der Waals surface area contributed by atoms with Crippen LogP contribution in [0.15, 0.2) is 18.3 Å². The Labute approximate surface area is 182 Å². The number of fused-ring (bicyclic) bond motifs is 1. The quantitative estimate of drug-likeness (QED) is 0.726. The Bertz CT molecular complexity index is 871. The lowest BCUT2D eigenvalue weighted by Gasteiger charge is -2.20. The molecule has 3 aliphatic rings. The average molecular weight is 455 g/mol. The van der Waals surface area contributed by atoms with E-state index < -0.39 is 12.1 Å². The molecule has 3 fully saturated rings. The summed E-state index contributed by atoms with van der Waals surface area (Å²) >= 11 is 0. The van der Waals surface area contributed by atoms with Crippen LogP contribution >= 0.6 is 0 Å². The highest BCUT2D eigenvalue weighted by atomic mass is 19.4. The molecule has 1 amide bonds. The molecular formula is C21H24F3N3O5. The summed E-state index contributed by atoms with van der Waals surface area (Å²) in [7, 11) is 0. The van der Waals surface area contributed by atoms with Crippen LogP contribution in [0.4, 0.5) is 13.2 Å². The normalized spacial score (nSPS) is 28.2. The topological polar surface area (TPSA) is 113 Å². The van der Waals surface area contributed by atoms with Gasteiger partial charge in [0.05, 0.1) is 24.9 Å². The van der Waals surface area contributed by atoms with Crippen molar-refractivity contribution in [1.29, 1.82) is 5.26 Å². The molecule has 2 saturated heterocycles. The van der Waals surface area contributed by atoms with Gasteiger partial charge in [-0.25, -0.2) is 9.78 Å². The zero-order valence-corrected chi connectivity index (χ0v) is 17.4. The van der Waals surface area contributed by atoms with Gasteiger partial charge in [-0.05, 0) is 30.7 Å². The smallest absolute Gasteiger partial charge is 0.478 e. The maximum atomic E-state index is 12.4. The molecule has 1 aromatic rings. The second-order valence-electron chi connectivity index (χ2n) is 8.30. The molecule has 2 unspecified atom stereocenters. The summed E-state index contributed by atoms with van der Waals surface area (Å²) in [5, 5.41) is 15.9. The van der Waals surface area contributed by atoms with Crippen LogP contribution in [0.2, 0.25) is 0 Å². The molecule has 3 heterocycles. The zero-order valence-electron chi connectivity index (χ0n) is 17.4. The van der Waals surface area contributed by atoms with Gasteiger partial charge in [0, 0.05) is 37.2 Å². The molecule has 2 aliphatic heterocycles. The molecule has 0 radical (unpaired) electrons. The SMILES string of the molecule is CC1CC1C(=O)N1C[C@H]2[C@@H](CCOc3ccc(C#N)cn3)CO[C@H]2C1.O=C(O)C(F)(F)F. The van der Waals surface area contributed by atoms with Crippen LogP contribution < -0.4 is 4.74 Å². The number of hydrogen-bond acceptors (Lipinski definition) is 6. The van der Waals surface area contributed by atoms with Crippen LogP contribution in [0.3, 0.4) is 0 Å². The van der Waals surface area contributed by atoms with Gasteiger partial charge >= 0.3 is 12.1 Å². The molecule has 1 aromatic heterocycles. The van der Waals surface area contributed by atoms with E-state index in [4.69, 9.17) is 24.6 Å². The van der Waals surface area contributed by atoms with Crippen molar-refractivity contribution >= 4 is 11.9 Å². The molecule has 32 heavy (non-hydrogen) atoms. The van der Waals surface area contributed by atoms with Gasteiger partial charge in [0.1, 0.15) is 6.07 Å². The largest absolute Gasteiger partial charge is 0.490 e. The highest BCUT2D eigenvalue weighted by molar-refractivity contribution is 5.82. The van der Waals surface area contributed by atoms with Crippen LogP contribution in [0.1, 0.15) is 25.3 Å². The second kappa shape index (κ2) is 9.73. The molecule has 0 spiro atoms. The van der Waals surface area contributed by atoms with Gasteiger partial charge in [0.2, 0.25) is 11.8 Å². The fraction of sp³-hybridized carbons (Fsp3) is 0.619. The summed E-state index contributed by atoms with van der Waals surface area (Å²) in [6.45, 7) is 5.05. The maximum Gasteiger partial charge on any atom is 0.490 e. The van der Waals surface area contributed by atoms with Gasteiger partial charge in [-0.2, -0.15) is 18.4 Å². The van der Waals surface area contributed by atoms with Crippen LogP contribution in [0.5, 0.6) is 5.88 Å². The number of hydrogen-bond donors (Lipinski definition) is 1. The van der Waals surface area contributed by atoms with Crippen molar-refractivity contribution in [2.45, 2.75) is 32.0 Å². The number of nitrogens with zero attached hydrogens (tertiary/aromatic N) is 3. The summed E-state index contributed by atoms with van der Waals surface area (Å²) < 4.78 is 43.4. The number of rotatable bonds is 5. The fourth-order valence-corrected chi connectivity index (χ4v) is 4.02. The highest BCUT2D eigenvalue weighted by Crippen LogP contribution is 2.42. The zero-order chi connectivity index (χ0) is 23.5. The van der Waals surface area contributed by atoms with Gasteiger partial charge in [-0.3, -0.25) is 4.79 Å². The van der Waals surface area contributed by atoms with Gasteiger partial charge in [-0.1, -0.05) is 6.92 Å². The minimum absolute atomic E-state index is 0.191. The van der Waals surface area contributed by atoms with Crippen LogP contribution in [-0.4, -0.2) is 65.5 Å². The Morgan fingerprint density at radius 1 is 1.38 bits per heavy atom. The molecule has 1 aliphatic carbocycles. The first-order valence-corrected chi connectivity index (χ1v) is 10.3. The molecule has 8 nitrogen and oxygen atoms in total. The predicted octanol–water partition coefficient (Wildman–Crippen LogP) is 2.48. The molecule has 5 atom stereocenters. The Hall–Kier alpha value is -2.87. The first kappa shape index (κ1) is 23.8. The number of halogens is 3. The Kier molecular flexibility index (Phi) is 7.23. The number of pyridine rings is 1. The van der Waals surface area contributed by atoms with E-state index in [9.17, 15) is 18.0 Å². The third-order valence-corrected chi connectivity index (χ3v) is 6.02. The Morgan fingerprint density at radius 3 is 2.59 bits per heavy atom. The third kappa shape index (κ3) is 5.88. The molecular weight excluding hydrogens is 431 g/mol. The van der Waals surface area contributed by atoms with Crippen molar-refractivity contribution in [3.8, 4) is 11.9 Å². The molecule has 0 bridgehead atoms. The van der Waals surface area contributed by atoms with Crippen molar-refractivity contribution in [2.24, 2.45) is 23.7 Å². The van der Waals surface area contributed by atoms with Gasteiger partial charge < -0.3 is 19.5 Å². The van der Waals surface area contributed by atoms with Crippen molar-refractivity contribution in [2.75, 3.05) is 26.3 Å². The molecule has 4 rings (SSSR count). The minimum atomic E-state index is -5.08. The van der Waals surface area contributed by atoms with Crippen molar-refractivity contribution in [1.82, 2.24) is 9.88 Å². The third-order valence-electron chi connectivity index (χ3n) is 6.02. The predicted molar refractivity (Wildman–Crippen MR) is 103 cm³/mol. The Balaban J connectivity index is 0.000000360. The summed E-state index contributed by atoms with van der Waals surface area (Å²) in [6.07, 6.45) is -1.44. The number of aromatic nitrogens is 1. The van der Waals surface area contributed by atoms with Gasteiger partial charge in [-0.15, -0.1) is 0 Å². The summed E-state index contributed by atoms with van der Waals surface area (Å²) in [5.74, 6) is -0.232. The Morgan fingerprint density at radius 2 is 2.06 bits per heavy atom. The lowest BCUT2D eigenvalue weighted by Crippen LogP contribution is -2.32. The van der Waals surface area contributed by atoms with Crippen LogP contribution in [0, 0.1) is 35.0 Å². The lowest BCUT2D eigenvalue weighted by molar-refractivity contribution is -0.192. The lowest BCUT2D eigenvalue weighted by atomic mass is 9.91. The number of carboxylic acid groups (broad SMARTS) is 1. The number of amides is 1. The van der Waals surface area contributed by atoms with Gasteiger partial charge in [0.15, 0.2) is 0 Å². The molecule has 11 heteroatoms. The number of alkyl halides is 3. The van der Waals surface area contributed by atoms with Gasteiger partial charge in [0.25, 0.3) is 0 Å². The summed E-state index contributed by atoms with van der Waals surface area (Å²) in [4.78, 5) is 27.5. The van der Waals surface area contributed by atoms with Crippen molar-refractivity contribution in [3.05, 3.63) is 23.9 Å². The van der Waals surface area contributed by atoms with E-state index in [1.54, 1.807) is 12.1 Å². The average Bonchev–Trinajstić information content (AvgIpc) is 3.16. The highest BCUT2D eigenvalue weighted by Gasteiger charge is 2.49. The summed E-state index contributed by atoms with van der Waals surface area (Å²) in [6, 6.07) is 5.47. The maximum absolute atomic E-state index is 12.4. The van der Waals surface area contributed by atoms with E-state index in [2.05, 4.69) is 11.9 Å². The number of ether oxygens (including phenoxy) is 2. The van der Waals surface area contributed by atoms with Crippen LogP contribution in [-0.2, 0) is 14.3 Å². The van der Waals surface area contributed by atoms with E-state index >= 15 is 0 Å². The second-order valence-corrected chi connectivity index (χ2v) is 8.30. The monoisotopic (exact) mass is 455 g/mol. The van der Waals surface area contributed by atoms with E-state index in [0.717, 1.165) is 32.5 Å². The van der Waals surface area contributed by atoms with E-state index in [1.165, 1.54) is 6.20 Å². The summed E-state index contributed by atoms with van der Waals surface area (Å²) in [5.41, 5.74) is 0.528. The first-order chi connectivity index (χ1) is 15.1. The van der Waals surface area contributed by atoms with Crippen molar-refractivity contribution < 1.29 is 37.3 Å². The van der Waals surface area contributed by atoms with Crippen molar-refractivity contribution in [3.63, 3.8) is 0 Å². The number of carbonyl (C=O) groups is 2. The number of likely N-dealkylation sites (tertiary alicyclic amines) is 1. The number of nitriles is 1. The first-order valence-electron chi connectivity index (χ1n) is 10.3. The minimum Gasteiger partial charge on any atom is -0.478 e. The standard InChI is InChI=1S/C19H23N3O3.C2HF3O2/c1-12-6-15(12)19(23)22-9-16-14(11-25-17(16)10-22)4-5-24-18-3-2-13(7-20)8-21-18;3-2(4,5)1(6)7/h2-3,8,12,14-17H,4-6,9-11H2,1H3;(H,6,7)/t12?,14-,15?,16-,17-;/m0./s1.